The maximum atomic E-state index is 10.4. The molecule has 5 heteroatoms. The van der Waals surface area contributed by atoms with Crippen molar-refractivity contribution in [1.82, 2.24) is 4.98 Å². The Morgan fingerprint density at radius 2 is 2.42 bits per heavy atom. The zero-order chi connectivity index (χ0) is 9.14. The zero-order valence-electron chi connectivity index (χ0n) is 6.23. The van der Waals surface area contributed by atoms with E-state index in [1.165, 1.54) is 18.3 Å². The lowest BCUT2D eigenvalue weighted by Gasteiger charge is -1.98. The van der Waals surface area contributed by atoms with Crippen LogP contribution in [0.25, 0.3) is 6.08 Å². The van der Waals surface area contributed by atoms with Crippen LogP contribution >= 0.6 is 0 Å². The minimum absolute atomic E-state index is 0.102. The van der Waals surface area contributed by atoms with E-state index >= 15 is 0 Å². The topological polar surface area (TPSA) is 82.0 Å². The van der Waals surface area contributed by atoms with Crippen LogP contribution in [-0.2, 0) is 0 Å². The minimum Gasteiger partial charge on any atom is -0.393 e. The lowest BCUT2D eigenvalue weighted by atomic mass is 10.2. The number of nitro groups is 1. The van der Waals surface area contributed by atoms with E-state index in [1.807, 2.05) is 0 Å². The first kappa shape index (κ1) is 8.19. The number of pyridine rings is 1. The number of aromatic nitrogens is 1. The van der Waals surface area contributed by atoms with E-state index in [2.05, 4.69) is 11.6 Å². The zero-order valence-corrected chi connectivity index (χ0v) is 6.23. The molecule has 0 saturated heterocycles. The third-order valence-corrected chi connectivity index (χ3v) is 1.36. The van der Waals surface area contributed by atoms with Gasteiger partial charge in [0.25, 0.3) is 0 Å². The van der Waals surface area contributed by atoms with E-state index in [4.69, 9.17) is 5.73 Å². The first-order valence-electron chi connectivity index (χ1n) is 3.18. The summed E-state index contributed by atoms with van der Waals surface area (Å²) in [7, 11) is 0. The third-order valence-electron chi connectivity index (χ3n) is 1.36. The molecule has 62 valence electrons. The van der Waals surface area contributed by atoms with Gasteiger partial charge in [-0.05, 0) is 12.1 Å². The quantitative estimate of drug-likeness (QED) is 0.527. The fourth-order valence-electron chi connectivity index (χ4n) is 0.834. The Balaban J connectivity index is 3.39. The van der Waals surface area contributed by atoms with Gasteiger partial charge in [-0.25, -0.2) is 4.98 Å². The van der Waals surface area contributed by atoms with Crippen molar-refractivity contribution in [3.8, 4) is 0 Å². The van der Waals surface area contributed by atoms with Gasteiger partial charge in [0.15, 0.2) is 0 Å². The molecule has 0 aliphatic carbocycles. The number of nitrogen functional groups attached to an aromatic ring is 1. The van der Waals surface area contributed by atoms with Gasteiger partial charge >= 0.3 is 5.69 Å². The second-order valence-electron chi connectivity index (χ2n) is 2.10. The van der Waals surface area contributed by atoms with Crippen LogP contribution in [0.15, 0.2) is 18.8 Å². The molecule has 0 atom stereocenters. The van der Waals surface area contributed by atoms with Crippen molar-refractivity contribution >= 4 is 17.5 Å². The van der Waals surface area contributed by atoms with Crippen LogP contribution in [0, 0.1) is 10.1 Å². The first-order chi connectivity index (χ1) is 5.66. The number of nitrogens with two attached hydrogens (primary N) is 1. The minimum atomic E-state index is -0.570. The van der Waals surface area contributed by atoms with E-state index in [1.54, 1.807) is 0 Å². The Hall–Kier alpha value is -1.91. The van der Waals surface area contributed by atoms with Gasteiger partial charge in [0.2, 0.25) is 0 Å². The van der Waals surface area contributed by atoms with Gasteiger partial charge in [-0.1, -0.05) is 6.58 Å². The first-order valence-corrected chi connectivity index (χ1v) is 3.18. The molecule has 2 N–H and O–H groups in total. The fraction of sp³-hybridized carbons (Fsp3) is 0. The molecule has 5 nitrogen and oxygen atoms in total. The summed E-state index contributed by atoms with van der Waals surface area (Å²) in [5.41, 5.74) is 5.48. The fourth-order valence-corrected chi connectivity index (χ4v) is 0.834. The molecule has 0 spiro atoms. The van der Waals surface area contributed by atoms with Crippen molar-refractivity contribution in [1.29, 1.82) is 0 Å². The summed E-state index contributed by atoms with van der Waals surface area (Å²) in [6, 6.07) is 1.38. The highest BCUT2D eigenvalue weighted by Crippen LogP contribution is 2.24. The highest BCUT2D eigenvalue weighted by Gasteiger charge is 2.15. The highest BCUT2D eigenvalue weighted by atomic mass is 16.6. The second-order valence-corrected chi connectivity index (χ2v) is 2.10. The number of hydrogen-bond acceptors (Lipinski definition) is 4. The van der Waals surface area contributed by atoms with Gasteiger partial charge in [-0.2, -0.15) is 0 Å². The molecule has 0 radical (unpaired) electrons. The predicted octanol–water partition coefficient (Wildman–Crippen LogP) is 1.22. The summed E-state index contributed by atoms with van der Waals surface area (Å²) < 4.78 is 0. The van der Waals surface area contributed by atoms with Gasteiger partial charge in [0, 0.05) is 6.20 Å². The molecule has 0 unspecified atom stereocenters. The molecule has 0 aromatic carbocycles. The van der Waals surface area contributed by atoms with E-state index in [0.29, 0.717) is 0 Å². The highest BCUT2D eigenvalue weighted by molar-refractivity contribution is 5.67. The summed E-state index contributed by atoms with van der Waals surface area (Å²) in [6.45, 7) is 3.39. The summed E-state index contributed by atoms with van der Waals surface area (Å²) in [6.07, 6.45) is 2.70. The van der Waals surface area contributed by atoms with E-state index < -0.39 is 4.92 Å². The van der Waals surface area contributed by atoms with Crippen molar-refractivity contribution < 1.29 is 4.92 Å². The van der Waals surface area contributed by atoms with Gasteiger partial charge in [-0.3, -0.25) is 10.1 Å². The Labute approximate surface area is 68.7 Å². The Morgan fingerprint density at radius 1 is 1.75 bits per heavy atom. The lowest BCUT2D eigenvalue weighted by molar-refractivity contribution is -0.384. The molecule has 0 saturated carbocycles. The molecule has 0 aliphatic rings. The average Bonchev–Trinajstić information content (AvgIpc) is 2.03. The van der Waals surface area contributed by atoms with Crippen molar-refractivity contribution in [3.63, 3.8) is 0 Å². The van der Waals surface area contributed by atoms with Crippen molar-refractivity contribution in [2.45, 2.75) is 0 Å². The van der Waals surface area contributed by atoms with Crippen molar-refractivity contribution in [2.75, 3.05) is 5.73 Å². The predicted molar refractivity (Wildman–Crippen MR) is 45.4 cm³/mol. The molecule has 1 aromatic heterocycles. The Morgan fingerprint density at radius 3 is 2.83 bits per heavy atom. The third kappa shape index (κ3) is 1.24. The molecule has 0 fully saturated rings. The van der Waals surface area contributed by atoms with Gasteiger partial charge < -0.3 is 5.73 Å². The molecule has 1 aromatic rings. The monoisotopic (exact) mass is 165 g/mol. The molecule has 0 aliphatic heterocycles. The second kappa shape index (κ2) is 3.00. The molecule has 1 rings (SSSR count). The molecule has 12 heavy (non-hydrogen) atoms. The largest absolute Gasteiger partial charge is 0.393 e. The van der Waals surface area contributed by atoms with Crippen LogP contribution < -0.4 is 5.73 Å². The van der Waals surface area contributed by atoms with E-state index in [-0.39, 0.29) is 17.1 Å². The summed E-state index contributed by atoms with van der Waals surface area (Å²) in [5, 5.41) is 10.4. The molecular weight excluding hydrogens is 158 g/mol. The van der Waals surface area contributed by atoms with Crippen LogP contribution in [0.3, 0.4) is 0 Å². The normalized spacial score (nSPS) is 9.33. The van der Waals surface area contributed by atoms with Crippen molar-refractivity contribution in [2.24, 2.45) is 0 Å². The van der Waals surface area contributed by atoms with Crippen LogP contribution in [0.5, 0.6) is 0 Å². The number of anilines is 1. The van der Waals surface area contributed by atoms with E-state index in [0.717, 1.165) is 0 Å². The van der Waals surface area contributed by atoms with Crippen molar-refractivity contribution in [3.05, 3.63) is 34.7 Å². The standard InChI is InChI=1S/C7H7N3O2/c1-2-6-7(10(11)12)5(8)3-4-9-6/h2-4H,1H2,(H2,8,9). The Kier molecular flexibility index (Phi) is 2.05. The maximum absolute atomic E-state index is 10.4. The van der Waals surface area contributed by atoms with Gasteiger partial charge in [0.1, 0.15) is 11.4 Å². The Bertz CT molecular complexity index is 335. The number of hydrogen-bond donors (Lipinski definition) is 1. The summed E-state index contributed by atoms with van der Waals surface area (Å²) in [5.74, 6) is 0. The van der Waals surface area contributed by atoms with Crippen LogP contribution in [0.2, 0.25) is 0 Å². The van der Waals surface area contributed by atoms with E-state index in [9.17, 15) is 10.1 Å². The number of rotatable bonds is 2. The van der Waals surface area contributed by atoms with Crippen LogP contribution in [0.4, 0.5) is 11.4 Å². The van der Waals surface area contributed by atoms with Crippen LogP contribution in [0.1, 0.15) is 5.69 Å². The van der Waals surface area contributed by atoms with Crippen LogP contribution in [-0.4, -0.2) is 9.91 Å². The summed E-state index contributed by atoms with van der Waals surface area (Å²) in [4.78, 5) is 13.6. The van der Waals surface area contributed by atoms with Gasteiger partial charge in [-0.15, -0.1) is 0 Å². The average molecular weight is 165 g/mol. The summed E-state index contributed by atoms with van der Waals surface area (Å²) >= 11 is 0. The molecule has 0 amide bonds. The molecule has 1 heterocycles. The van der Waals surface area contributed by atoms with Gasteiger partial charge in [0.05, 0.1) is 4.92 Å². The smallest absolute Gasteiger partial charge is 0.317 e. The number of nitrogens with zero attached hydrogens (tertiary/aromatic N) is 2. The maximum Gasteiger partial charge on any atom is 0.317 e. The lowest BCUT2D eigenvalue weighted by Crippen LogP contribution is -1.99. The molecule has 0 bridgehead atoms. The SMILES string of the molecule is C=Cc1nccc(N)c1[N+](=O)[O-]. The molecular formula is C7H7N3O2.